The normalized spacial score (nSPS) is 11.2. The van der Waals surface area contributed by atoms with Gasteiger partial charge >= 0.3 is 0 Å². The first-order chi connectivity index (χ1) is 17.0. The van der Waals surface area contributed by atoms with Crippen molar-refractivity contribution in [1.29, 1.82) is 0 Å². The SMILES string of the molecule is C=C/C(=C\N=C)CCC(=O)N(CCO)COc1nc(-c2ccc(N(C)C)cc2)cc2nccnc12. The van der Waals surface area contributed by atoms with Crippen LogP contribution in [-0.4, -0.2) is 71.6 Å². The van der Waals surface area contributed by atoms with Gasteiger partial charge in [0, 0.05) is 56.9 Å². The van der Waals surface area contributed by atoms with E-state index in [0.717, 1.165) is 16.8 Å². The van der Waals surface area contributed by atoms with Crippen LogP contribution in [0.5, 0.6) is 5.88 Å². The van der Waals surface area contributed by atoms with Crippen LogP contribution in [0, 0.1) is 0 Å². The smallest absolute Gasteiger partial charge is 0.244 e. The molecule has 1 amide bonds. The number of aliphatic hydroxyl groups excluding tert-OH is 1. The zero-order valence-corrected chi connectivity index (χ0v) is 20.1. The Labute approximate surface area is 205 Å². The number of carbonyl (C=O) groups excluding carboxylic acids is 1. The highest BCUT2D eigenvalue weighted by Gasteiger charge is 2.17. The van der Waals surface area contributed by atoms with Gasteiger partial charge in [0.05, 0.1) is 17.8 Å². The van der Waals surface area contributed by atoms with E-state index in [4.69, 9.17) is 4.74 Å². The molecule has 0 fully saturated rings. The van der Waals surface area contributed by atoms with Gasteiger partial charge in [0.15, 0.2) is 12.2 Å². The lowest BCUT2D eigenvalue weighted by molar-refractivity contribution is -0.134. The van der Waals surface area contributed by atoms with Crippen LogP contribution in [0.25, 0.3) is 22.3 Å². The summed E-state index contributed by atoms with van der Waals surface area (Å²) < 4.78 is 5.97. The Kier molecular flexibility index (Phi) is 9.02. The summed E-state index contributed by atoms with van der Waals surface area (Å²) >= 11 is 0. The lowest BCUT2D eigenvalue weighted by atomic mass is 10.1. The number of hydrogen-bond donors (Lipinski definition) is 1. The standard InChI is InChI=1S/C26H30N6O3/c1-5-19(17-27-2)6-11-24(34)32(14-15-33)18-35-26-25-23(28-12-13-29-25)16-22(30-26)20-7-9-21(10-8-20)31(3)4/h5,7-10,12-13,16-17,33H,1-2,6,11,14-15,18H2,3-4H3/b19-17+. The van der Waals surface area contributed by atoms with Gasteiger partial charge in [-0.3, -0.25) is 14.8 Å². The number of aromatic nitrogens is 3. The number of aliphatic imine (C=N–C) groups is 1. The molecule has 0 saturated heterocycles. The summed E-state index contributed by atoms with van der Waals surface area (Å²) in [6, 6.07) is 9.83. The van der Waals surface area contributed by atoms with Crippen molar-refractivity contribution in [3.8, 4) is 17.1 Å². The van der Waals surface area contributed by atoms with Crippen LogP contribution >= 0.6 is 0 Å². The van der Waals surface area contributed by atoms with Gasteiger partial charge in [-0.2, -0.15) is 0 Å². The van der Waals surface area contributed by atoms with Gasteiger partial charge in [-0.05, 0) is 36.9 Å². The van der Waals surface area contributed by atoms with E-state index < -0.39 is 0 Å². The molecule has 0 aliphatic carbocycles. The summed E-state index contributed by atoms with van der Waals surface area (Å²) in [5.74, 6) is 0.0854. The topological polar surface area (TPSA) is 104 Å². The van der Waals surface area contributed by atoms with E-state index in [0.29, 0.717) is 23.1 Å². The number of amides is 1. The molecule has 0 aliphatic heterocycles. The minimum Gasteiger partial charge on any atom is -0.455 e. The number of aliphatic hydroxyl groups is 1. The van der Waals surface area contributed by atoms with E-state index in [1.165, 1.54) is 4.90 Å². The molecule has 0 aliphatic rings. The Balaban J connectivity index is 1.83. The van der Waals surface area contributed by atoms with Gasteiger partial charge in [0.25, 0.3) is 0 Å². The van der Waals surface area contributed by atoms with Crippen LogP contribution in [0.4, 0.5) is 5.69 Å². The maximum absolute atomic E-state index is 12.8. The summed E-state index contributed by atoms with van der Waals surface area (Å²) in [6.07, 6.45) is 7.04. The number of anilines is 1. The monoisotopic (exact) mass is 474 g/mol. The van der Waals surface area contributed by atoms with Crippen LogP contribution < -0.4 is 9.64 Å². The highest BCUT2D eigenvalue weighted by molar-refractivity contribution is 5.83. The Hall–Kier alpha value is -4.11. The zero-order chi connectivity index (χ0) is 25.2. The highest BCUT2D eigenvalue weighted by atomic mass is 16.5. The summed E-state index contributed by atoms with van der Waals surface area (Å²) in [5.41, 5.74) is 4.57. The second-order valence-electron chi connectivity index (χ2n) is 7.92. The van der Waals surface area contributed by atoms with Gasteiger partial charge in [0.1, 0.15) is 0 Å². The molecule has 3 aromatic rings. The third-order valence-electron chi connectivity index (χ3n) is 5.33. The number of nitrogens with zero attached hydrogens (tertiary/aromatic N) is 6. The van der Waals surface area contributed by atoms with Gasteiger partial charge in [-0.1, -0.05) is 24.8 Å². The Morgan fingerprint density at radius 2 is 1.91 bits per heavy atom. The van der Waals surface area contributed by atoms with Crippen molar-refractivity contribution in [1.82, 2.24) is 19.9 Å². The Morgan fingerprint density at radius 1 is 1.17 bits per heavy atom. The number of benzene rings is 1. The fourth-order valence-corrected chi connectivity index (χ4v) is 3.39. The van der Waals surface area contributed by atoms with Crippen LogP contribution in [0.1, 0.15) is 12.8 Å². The first kappa shape index (κ1) is 25.5. The van der Waals surface area contributed by atoms with Crippen molar-refractivity contribution in [3.63, 3.8) is 0 Å². The summed E-state index contributed by atoms with van der Waals surface area (Å²) in [5, 5.41) is 9.47. The molecule has 0 atom stereocenters. The molecule has 1 aromatic carbocycles. The molecule has 9 heteroatoms. The lowest BCUT2D eigenvalue weighted by Crippen LogP contribution is -2.36. The fraction of sp³-hybridized carbons (Fsp3) is 0.269. The predicted octanol–water partition coefficient (Wildman–Crippen LogP) is 3.47. The first-order valence-electron chi connectivity index (χ1n) is 11.1. The van der Waals surface area contributed by atoms with Crippen molar-refractivity contribution >= 4 is 29.3 Å². The summed E-state index contributed by atoms with van der Waals surface area (Å²) in [4.78, 5) is 33.4. The van der Waals surface area contributed by atoms with E-state index in [1.807, 2.05) is 49.3 Å². The molecule has 9 nitrogen and oxygen atoms in total. The maximum Gasteiger partial charge on any atom is 0.244 e. The number of rotatable bonds is 12. The van der Waals surface area contributed by atoms with Gasteiger partial charge in [0.2, 0.25) is 11.8 Å². The van der Waals surface area contributed by atoms with Crippen LogP contribution in [-0.2, 0) is 4.79 Å². The number of allylic oxidation sites excluding steroid dienone is 2. The zero-order valence-electron chi connectivity index (χ0n) is 20.1. The van der Waals surface area contributed by atoms with Crippen molar-refractivity contribution in [3.05, 3.63) is 67.2 Å². The average molecular weight is 475 g/mol. The number of fused-ring (bicyclic) bond motifs is 1. The quantitative estimate of drug-likeness (QED) is 0.243. The molecular weight excluding hydrogens is 444 g/mol. The molecular formula is C26H30N6O3. The summed E-state index contributed by atoms with van der Waals surface area (Å²) in [7, 11) is 3.96. The van der Waals surface area contributed by atoms with Crippen molar-refractivity contribution in [2.75, 3.05) is 38.9 Å². The predicted molar refractivity (Wildman–Crippen MR) is 138 cm³/mol. The molecule has 35 heavy (non-hydrogen) atoms. The molecule has 2 heterocycles. The number of carbonyl (C=O) groups is 1. The molecule has 182 valence electrons. The molecule has 0 unspecified atom stereocenters. The minimum atomic E-state index is -0.195. The second kappa shape index (κ2) is 12.4. The third kappa shape index (κ3) is 6.70. The number of hydrogen-bond acceptors (Lipinski definition) is 8. The van der Waals surface area contributed by atoms with E-state index in [9.17, 15) is 9.90 Å². The van der Waals surface area contributed by atoms with Crippen LogP contribution in [0.2, 0.25) is 0 Å². The molecule has 3 rings (SSSR count). The molecule has 0 bridgehead atoms. The van der Waals surface area contributed by atoms with E-state index in [1.54, 1.807) is 24.7 Å². The van der Waals surface area contributed by atoms with Crippen molar-refractivity contribution in [2.45, 2.75) is 12.8 Å². The third-order valence-corrected chi connectivity index (χ3v) is 5.33. The first-order valence-corrected chi connectivity index (χ1v) is 11.1. The van der Waals surface area contributed by atoms with Gasteiger partial charge in [-0.25, -0.2) is 9.97 Å². The van der Waals surface area contributed by atoms with E-state index in [-0.39, 0.29) is 38.1 Å². The van der Waals surface area contributed by atoms with Crippen molar-refractivity contribution in [2.24, 2.45) is 4.99 Å². The molecule has 1 N–H and O–H groups in total. The molecule has 0 radical (unpaired) electrons. The maximum atomic E-state index is 12.8. The van der Waals surface area contributed by atoms with Crippen LogP contribution in [0.15, 0.2) is 72.1 Å². The van der Waals surface area contributed by atoms with Gasteiger partial charge < -0.3 is 19.6 Å². The van der Waals surface area contributed by atoms with E-state index >= 15 is 0 Å². The number of pyridine rings is 1. The van der Waals surface area contributed by atoms with Crippen molar-refractivity contribution < 1.29 is 14.6 Å². The minimum absolute atomic E-state index is 0.0894. The highest BCUT2D eigenvalue weighted by Crippen LogP contribution is 2.28. The van der Waals surface area contributed by atoms with Gasteiger partial charge in [-0.15, -0.1) is 0 Å². The largest absolute Gasteiger partial charge is 0.455 e. The van der Waals surface area contributed by atoms with E-state index in [2.05, 4.69) is 33.2 Å². The Bertz CT molecular complexity index is 1210. The Morgan fingerprint density at radius 3 is 2.57 bits per heavy atom. The average Bonchev–Trinajstić information content (AvgIpc) is 2.88. The fourth-order valence-electron chi connectivity index (χ4n) is 3.39. The number of ether oxygens (including phenoxy) is 1. The molecule has 0 spiro atoms. The second-order valence-corrected chi connectivity index (χ2v) is 7.92. The summed E-state index contributed by atoms with van der Waals surface area (Å²) in [6.45, 7) is 6.99. The van der Waals surface area contributed by atoms with Crippen LogP contribution in [0.3, 0.4) is 0 Å². The molecule has 2 aromatic heterocycles. The lowest BCUT2D eigenvalue weighted by Gasteiger charge is -2.22. The molecule has 0 saturated carbocycles.